The number of hydrogen-bond acceptors (Lipinski definition) is 3. The number of benzene rings is 9. The summed E-state index contributed by atoms with van der Waals surface area (Å²) < 4.78 is 0. The first-order valence-corrected chi connectivity index (χ1v) is 24.0. The van der Waals surface area contributed by atoms with Gasteiger partial charge in [0.05, 0.1) is 11.4 Å². The van der Waals surface area contributed by atoms with E-state index in [1.807, 2.05) is 11.8 Å². The average Bonchev–Trinajstić information content (AvgIpc) is 3.58. The molecule has 9 aromatic rings. The first-order valence-electron chi connectivity index (χ1n) is 23.2. The lowest BCUT2D eigenvalue weighted by Gasteiger charge is -2.33. The predicted octanol–water partition coefficient (Wildman–Crippen LogP) is 17.2. The largest absolute Gasteiger partial charge is 0.341 e. The van der Waals surface area contributed by atoms with E-state index in [1.54, 1.807) is 0 Å². The molecule has 3 heteroatoms. The lowest BCUT2D eigenvalue weighted by molar-refractivity contribution is 0.644. The van der Waals surface area contributed by atoms with Crippen molar-refractivity contribution in [2.24, 2.45) is 5.92 Å². The summed E-state index contributed by atoms with van der Waals surface area (Å²) in [6.07, 6.45) is 13.2. The van der Waals surface area contributed by atoms with E-state index in [0.29, 0.717) is 5.92 Å². The van der Waals surface area contributed by atoms with Gasteiger partial charge in [-0.15, -0.1) is 0 Å². The Labute approximate surface area is 385 Å². The zero-order valence-electron chi connectivity index (χ0n) is 36.8. The second-order valence-electron chi connectivity index (χ2n) is 18.8. The van der Waals surface area contributed by atoms with Gasteiger partial charge < -0.3 is 9.80 Å². The van der Waals surface area contributed by atoms with Crippen LogP contribution in [0.15, 0.2) is 210 Å². The van der Waals surface area contributed by atoms with Crippen LogP contribution in [0.5, 0.6) is 0 Å². The summed E-state index contributed by atoms with van der Waals surface area (Å²) in [4.78, 5) is 7.50. The summed E-state index contributed by atoms with van der Waals surface area (Å²) in [5.74, 6) is 0.366. The zero-order valence-corrected chi connectivity index (χ0v) is 37.6. The topological polar surface area (TPSA) is 6.48 Å². The van der Waals surface area contributed by atoms with Crippen LogP contribution in [0.1, 0.15) is 48.9 Å². The van der Waals surface area contributed by atoms with Crippen molar-refractivity contribution in [1.82, 2.24) is 0 Å². The number of aryl methyl sites for hydroxylation is 1. The number of para-hydroxylation sites is 3. The highest BCUT2D eigenvalue weighted by atomic mass is 32.2. The van der Waals surface area contributed by atoms with E-state index in [2.05, 4.69) is 224 Å². The molecule has 0 radical (unpaired) electrons. The van der Waals surface area contributed by atoms with Gasteiger partial charge in [-0.2, -0.15) is 0 Å². The summed E-state index contributed by atoms with van der Waals surface area (Å²) in [5, 5.41) is 7.58. The molecule has 0 saturated heterocycles. The average molecular weight is 853 g/mol. The molecule has 312 valence electrons. The molecule has 0 spiro atoms. The molecule has 2 aliphatic heterocycles. The SMILES string of the molecule is CC1(C)C2=CC(C=Cc3ccc4cc(-c5ccc6c(ccc7cc(N8c9ccccc9Sc9ccccc98)ccc76)c5)ccc4c3)CC=C2c2ccc(N3CCCc4ccccc43)cc21. The highest BCUT2D eigenvalue weighted by molar-refractivity contribution is 7.99. The Kier molecular flexibility index (Phi) is 8.87. The Balaban J connectivity index is 0.738. The van der Waals surface area contributed by atoms with Crippen molar-refractivity contribution in [2.45, 2.75) is 48.3 Å². The van der Waals surface area contributed by atoms with Crippen molar-refractivity contribution in [1.29, 1.82) is 0 Å². The predicted molar refractivity (Wildman–Crippen MR) is 278 cm³/mol. The molecule has 0 N–H and O–H groups in total. The minimum absolute atomic E-state index is 0.0449. The van der Waals surface area contributed by atoms with Crippen molar-refractivity contribution >= 4 is 84.2 Å². The number of rotatable bonds is 5. The van der Waals surface area contributed by atoms with Gasteiger partial charge in [-0.3, -0.25) is 0 Å². The van der Waals surface area contributed by atoms with Gasteiger partial charge in [-0.05, 0) is 175 Å². The smallest absolute Gasteiger partial charge is 0.0601 e. The maximum Gasteiger partial charge on any atom is 0.0601 e. The van der Waals surface area contributed by atoms with Crippen LogP contribution in [0, 0.1) is 5.92 Å². The monoisotopic (exact) mass is 852 g/mol. The van der Waals surface area contributed by atoms with Crippen molar-refractivity contribution in [3.8, 4) is 11.1 Å². The molecule has 0 fully saturated rings. The molecular weight excluding hydrogens is 805 g/mol. The minimum Gasteiger partial charge on any atom is -0.341 e. The second-order valence-corrected chi connectivity index (χ2v) is 19.9. The summed E-state index contributed by atoms with van der Waals surface area (Å²) >= 11 is 1.85. The Morgan fingerprint density at radius 2 is 1.23 bits per heavy atom. The van der Waals surface area contributed by atoms with Gasteiger partial charge in [-0.1, -0.05) is 153 Å². The van der Waals surface area contributed by atoms with Crippen LogP contribution in [0.4, 0.5) is 28.4 Å². The van der Waals surface area contributed by atoms with Crippen molar-refractivity contribution in [2.75, 3.05) is 16.3 Å². The van der Waals surface area contributed by atoms with E-state index in [4.69, 9.17) is 0 Å². The number of anilines is 5. The third kappa shape index (κ3) is 6.39. The number of allylic oxidation sites excluding steroid dienone is 5. The van der Waals surface area contributed by atoms with Gasteiger partial charge in [0.15, 0.2) is 0 Å². The van der Waals surface area contributed by atoms with Crippen molar-refractivity contribution in [3.05, 3.63) is 222 Å². The molecule has 0 saturated carbocycles. The van der Waals surface area contributed by atoms with E-state index in [1.165, 1.54) is 121 Å². The third-order valence-electron chi connectivity index (χ3n) is 14.6. The lowest BCUT2D eigenvalue weighted by Crippen LogP contribution is -2.25. The van der Waals surface area contributed by atoms with Gasteiger partial charge >= 0.3 is 0 Å². The van der Waals surface area contributed by atoms with Crippen LogP contribution < -0.4 is 9.80 Å². The molecule has 1 unspecified atom stereocenters. The van der Waals surface area contributed by atoms with Gasteiger partial charge in [-0.25, -0.2) is 0 Å². The summed E-state index contributed by atoms with van der Waals surface area (Å²) in [7, 11) is 0. The Bertz CT molecular complexity index is 3490. The van der Waals surface area contributed by atoms with Crippen LogP contribution in [-0.4, -0.2) is 6.54 Å². The molecule has 9 aromatic carbocycles. The highest BCUT2D eigenvalue weighted by Gasteiger charge is 2.40. The molecule has 2 nitrogen and oxygen atoms in total. The molecule has 0 amide bonds. The Morgan fingerprint density at radius 1 is 0.585 bits per heavy atom. The van der Waals surface area contributed by atoms with E-state index in [9.17, 15) is 0 Å². The standard InChI is InChI=1S/C62H48N2S/c1-62(2)55-35-41(20-29-53(55)54-32-27-49(39-56(54)62)63-33-9-11-42-10-3-4-12-57(42)63)18-17-40-19-21-44-36-45(23-22-43(44)34-40)46-26-30-51-47(37-46)24-25-48-38-50(28-31-52(48)51)64-58-13-5-7-15-60(58)65-61-16-8-6-14-59(61)64/h3-8,10,12-19,21-32,34-39,41H,9,11,20,33H2,1-2H3. The van der Waals surface area contributed by atoms with E-state index >= 15 is 0 Å². The fraction of sp³-hybridized carbons (Fsp3) is 0.129. The van der Waals surface area contributed by atoms with Crippen LogP contribution in [-0.2, 0) is 11.8 Å². The molecule has 65 heavy (non-hydrogen) atoms. The maximum atomic E-state index is 2.55. The Hall–Kier alpha value is -7.07. The van der Waals surface area contributed by atoms with E-state index in [-0.39, 0.29) is 5.41 Å². The van der Waals surface area contributed by atoms with Crippen LogP contribution in [0.2, 0.25) is 0 Å². The summed E-state index contributed by atoms with van der Waals surface area (Å²) in [6, 6.07) is 65.9. The first-order chi connectivity index (χ1) is 31.9. The molecule has 1 atom stereocenters. The number of nitrogens with zero attached hydrogens (tertiary/aromatic N) is 2. The molecule has 0 bridgehead atoms. The number of hydrogen-bond donors (Lipinski definition) is 0. The zero-order chi connectivity index (χ0) is 43.2. The van der Waals surface area contributed by atoms with E-state index in [0.717, 1.165) is 19.4 Å². The van der Waals surface area contributed by atoms with Crippen molar-refractivity contribution in [3.63, 3.8) is 0 Å². The molecule has 13 rings (SSSR count). The molecule has 2 heterocycles. The van der Waals surface area contributed by atoms with Crippen LogP contribution >= 0.6 is 11.8 Å². The Morgan fingerprint density at radius 3 is 2.05 bits per heavy atom. The maximum absolute atomic E-state index is 2.55. The van der Waals surface area contributed by atoms with Gasteiger partial charge in [0.2, 0.25) is 0 Å². The second kappa shape index (κ2) is 15.0. The third-order valence-corrected chi connectivity index (χ3v) is 15.7. The molecule has 2 aliphatic carbocycles. The summed E-state index contributed by atoms with van der Waals surface area (Å²) in [5.41, 5.74) is 17.2. The first kappa shape index (κ1) is 38.4. The van der Waals surface area contributed by atoms with Gasteiger partial charge in [0.25, 0.3) is 0 Å². The normalized spacial score (nSPS) is 17.1. The summed E-state index contributed by atoms with van der Waals surface area (Å²) in [6.45, 7) is 5.90. The van der Waals surface area contributed by atoms with Gasteiger partial charge in [0.1, 0.15) is 0 Å². The highest BCUT2D eigenvalue weighted by Crippen LogP contribution is 2.54. The van der Waals surface area contributed by atoms with Crippen LogP contribution in [0.3, 0.4) is 0 Å². The molecule has 0 aromatic heterocycles. The van der Waals surface area contributed by atoms with Crippen LogP contribution in [0.25, 0.3) is 55.1 Å². The molecular formula is C62H48N2S. The number of fused-ring (bicyclic) bond motifs is 10. The van der Waals surface area contributed by atoms with E-state index < -0.39 is 0 Å². The van der Waals surface area contributed by atoms with Gasteiger partial charge in [0, 0.05) is 38.8 Å². The lowest BCUT2D eigenvalue weighted by atomic mass is 9.78. The molecule has 4 aliphatic rings. The fourth-order valence-corrected chi connectivity index (χ4v) is 12.3. The minimum atomic E-state index is -0.0449. The quantitative estimate of drug-likeness (QED) is 0.159. The van der Waals surface area contributed by atoms with Crippen molar-refractivity contribution < 1.29 is 0 Å². The fourth-order valence-electron chi connectivity index (χ4n) is 11.2.